The minimum Gasteiger partial charge on any atom is -0.457 e. The Kier molecular flexibility index (Phi) is 6.27. The van der Waals surface area contributed by atoms with Crippen LogP contribution in [-0.4, -0.2) is 9.49 Å². The number of allylic oxidation sites excluding steroid dienone is 1. The van der Waals surface area contributed by atoms with Crippen molar-refractivity contribution in [2.75, 3.05) is 0 Å². The van der Waals surface area contributed by atoms with E-state index in [1.54, 1.807) is 22.8 Å². The topological polar surface area (TPSA) is 90.6 Å². The number of hydrogen-bond donors (Lipinski definition) is 0. The maximum Gasteiger partial charge on any atom is 0.271 e. The summed E-state index contributed by atoms with van der Waals surface area (Å²) in [4.78, 5) is 30.3. The van der Waals surface area contributed by atoms with Gasteiger partial charge < -0.3 is 4.42 Å². The number of nitro benzene ring substituents is 1. The Morgan fingerprint density at radius 3 is 2.61 bits per heavy atom. The lowest BCUT2D eigenvalue weighted by molar-refractivity contribution is -0.384. The molecule has 5 aromatic rings. The molecule has 41 heavy (non-hydrogen) atoms. The van der Waals surface area contributed by atoms with Crippen molar-refractivity contribution in [2.24, 2.45) is 4.99 Å². The molecule has 2 aliphatic rings. The highest BCUT2D eigenvalue weighted by molar-refractivity contribution is 7.07. The molecule has 0 spiro atoms. The van der Waals surface area contributed by atoms with Gasteiger partial charge in [0.25, 0.3) is 11.2 Å². The number of halogens is 2. The van der Waals surface area contributed by atoms with Crippen LogP contribution in [0, 0.1) is 10.1 Å². The number of furan rings is 1. The van der Waals surface area contributed by atoms with E-state index in [-0.39, 0.29) is 17.3 Å². The zero-order valence-corrected chi connectivity index (χ0v) is 23.5. The average Bonchev–Trinajstić information content (AvgIpc) is 3.56. The number of fused-ring (bicyclic) bond motifs is 3. The molecule has 0 bridgehead atoms. The molecular weight excluding hydrogens is 581 g/mol. The number of benzene rings is 3. The maximum atomic E-state index is 13.9. The molecule has 7 rings (SSSR count). The van der Waals surface area contributed by atoms with Crippen molar-refractivity contribution in [1.82, 2.24) is 4.57 Å². The Bertz CT molecular complexity index is 2090. The lowest BCUT2D eigenvalue weighted by Crippen LogP contribution is -2.38. The first kappa shape index (κ1) is 25.7. The summed E-state index contributed by atoms with van der Waals surface area (Å²) in [5, 5.41) is 12.2. The van der Waals surface area contributed by atoms with Crippen LogP contribution in [0.4, 0.5) is 5.69 Å². The number of non-ortho nitro benzene ring substituents is 1. The van der Waals surface area contributed by atoms with E-state index in [1.165, 1.54) is 35.1 Å². The van der Waals surface area contributed by atoms with Crippen LogP contribution in [0.15, 0.2) is 98.6 Å². The summed E-state index contributed by atoms with van der Waals surface area (Å²) in [5.41, 5.74) is 5.45. The summed E-state index contributed by atoms with van der Waals surface area (Å²) in [7, 11) is 0. The fraction of sp³-hybridized carbons (Fsp3) is 0.0968. The van der Waals surface area contributed by atoms with Crippen LogP contribution in [0.2, 0.25) is 10.0 Å². The van der Waals surface area contributed by atoms with E-state index in [0.717, 1.165) is 35.2 Å². The highest BCUT2D eigenvalue weighted by atomic mass is 35.5. The zero-order chi connectivity index (χ0) is 28.2. The molecule has 0 saturated heterocycles. The number of nitrogens with zero attached hydrogens (tertiary/aromatic N) is 3. The van der Waals surface area contributed by atoms with E-state index >= 15 is 0 Å². The van der Waals surface area contributed by atoms with Gasteiger partial charge in [-0.2, -0.15) is 0 Å². The van der Waals surface area contributed by atoms with Crippen LogP contribution >= 0.6 is 34.5 Å². The summed E-state index contributed by atoms with van der Waals surface area (Å²) in [5.74, 6) is 0.786. The van der Waals surface area contributed by atoms with Crippen molar-refractivity contribution in [2.45, 2.75) is 18.9 Å². The van der Waals surface area contributed by atoms with E-state index in [0.29, 0.717) is 36.5 Å². The standard InChI is InChI=1S/C31H19Cl2N3O4S/c32-19-8-5-18(6-9-19)29-23-12-7-17-3-1-2-4-22(17)28(23)34-31-35(29)30(37)27(41-31)16-21-11-14-26(40-21)24-15-20(36(38)39)10-13-25(24)33/h1-6,8-11,13-16,29H,7,12H2/b27-16+/t29-/m1/s1. The van der Waals surface area contributed by atoms with Crippen molar-refractivity contribution in [3.63, 3.8) is 0 Å². The van der Waals surface area contributed by atoms with Crippen molar-refractivity contribution in [3.8, 4) is 11.3 Å². The molecule has 202 valence electrons. The Morgan fingerprint density at radius 2 is 1.80 bits per heavy atom. The van der Waals surface area contributed by atoms with Crippen molar-refractivity contribution in [1.29, 1.82) is 0 Å². The number of hydrogen-bond acceptors (Lipinski definition) is 6. The van der Waals surface area contributed by atoms with Crippen molar-refractivity contribution >= 4 is 52.0 Å². The Morgan fingerprint density at radius 1 is 1.00 bits per heavy atom. The second kappa shape index (κ2) is 9.99. The van der Waals surface area contributed by atoms with E-state index in [4.69, 9.17) is 32.6 Å². The number of nitro groups is 1. The zero-order valence-electron chi connectivity index (χ0n) is 21.2. The first-order chi connectivity index (χ1) is 19.9. The molecular formula is C31H19Cl2N3O4S. The van der Waals surface area contributed by atoms with Gasteiger partial charge in [0.1, 0.15) is 11.5 Å². The number of aryl methyl sites for hydroxylation is 1. The van der Waals surface area contributed by atoms with Gasteiger partial charge in [0.15, 0.2) is 4.80 Å². The number of thiazole rings is 1. The van der Waals surface area contributed by atoms with E-state index in [9.17, 15) is 14.9 Å². The minimum absolute atomic E-state index is 0.0941. The van der Waals surface area contributed by atoms with E-state index in [1.807, 2.05) is 36.4 Å². The van der Waals surface area contributed by atoms with Crippen molar-refractivity contribution < 1.29 is 9.34 Å². The van der Waals surface area contributed by atoms with Crippen LogP contribution in [-0.2, 0) is 6.42 Å². The lowest BCUT2D eigenvalue weighted by atomic mass is 9.83. The third-order valence-electron chi connectivity index (χ3n) is 7.39. The van der Waals surface area contributed by atoms with Crippen LogP contribution in [0.1, 0.15) is 34.9 Å². The van der Waals surface area contributed by atoms with Gasteiger partial charge in [0.2, 0.25) is 0 Å². The molecule has 0 saturated carbocycles. The Labute approximate surface area is 247 Å². The highest BCUT2D eigenvalue weighted by Gasteiger charge is 2.32. The number of aromatic nitrogens is 1. The molecule has 0 radical (unpaired) electrons. The summed E-state index contributed by atoms with van der Waals surface area (Å²) >= 11 is 13.8. The average molecular weight is 600 g/mol. The molecule has 1 atom stereocenters. The van der Waals surface area contributed by atoms with Crippen LogP contribution in [0.25, 0.3) is 23.1 Å². The van der Waals surface area contributed by atoms with Gasteiger partial charge in [-0.25, -0.2) is 4.99 Å². The third kappa shape index (κ3) is 4.44. The molecule has 1 aliphatic heterocycles. The summed E-state index contributed by atoms with van der Waals surface area (Å²) < 4.78 is 8.20. The van der Waals surface area contributed by atoms with Crippen molar-refractivity contribution in [3.05, 3.63) is 147 Å². The van der Waals surface area contributed by atoms with Gasteiger partial charge in [-0.05, 0) is 59.9 Å². The maximum absolute atomic E-state index is 13.9. The fourth-order valence-electron chi connectivity index (χ4n) is 5.49. The molecule has 0 N–H and O–H groups in total. The normalized spacial score (nSPS) is 16.1. The second-order valence-electron chi connectivity index (χ2n) is 9.79. The highest BCUT2D eigenvalue weighted by Crippen LogP contribution is 2.41. The minimum atomic E-state index is -0.487. The van der Waals surface area contributed by atoms with E-state index < -0.39 is 4.92 Å². The third-order valence-corrected chi connectivity index (χ3v) is 8.95. The SMILES string of the molecule is O=c1/c(=C\c2ccc(-c3cc([N+](=O)[O-])ccc3Cl)o2)sc2n1[C@H](c1ccc(Cl)cc1)C1=C(N=2)c2ccccc2CC1. The largest absolute Gasteiger partial charge is 0.457 e. The molecule has 2 aromatic heterocycles. The lowest BCUT2D eigenvalue weighted by Gasteiger charge is -2.30. The van der Waals surface area contributed by atoms with Gasteiger partial charge in [0, 0.05) is 34.4 Å². The van der Waals surface area contributed by atoms with Gasteiger partial charge in [-0.1, -0.05) is 70.9 Å². The van der Waals surface area contributed by atoms with Crippen LogP contribution < -0.4 is 14.9 Å². The molecule has 1 aliphatic carbocycles. The Hall–Kier alpha value is -4.24. The molecule has 3 aromatic carbocycles. The molecule has 0 unspecified atom stereocenters. The van der Waals surface area contributed by atoms with Crippen LogP contribution in [0.3, 0.4) is 0 Å². The summed E-state index contributed by atoms with van der Waals surface area (Å²) in [6.45, 7) is 0. The predicted molar refractivity (Wildman–Crippen MR) is 160 cm³/mol. The molecule has 7 nitrogen and oxygen atoms in total. The Balaban J connectivity index is 1.38. The quantitative estimate of drug-likeness (QED) is 0.168. The van der Waals surface area contributed by atoms with Gasteiger partial charge in [-0.15, -0.1) is 0 Å². The molecule has 0 fully saturated rings. The first-order valence-corrected chi connectivity index (χ1v) is 14.4. The smallest absolute Gasteiger partial charge is 0.271 e. The van der Waals surface area contributed by atoms with Crippen LogP contribution in [0.5, 0.6) is 0 Å². The predicted octanol–water partition coefficient (Wildman–Crippen LogP) is 6.79. The molecule has 10 heteroatoms. The summed E-state index contributed by atoms with van der Waals surface area (Å²) in [6.07, 6.45) is 3.33. The van der Waals surface area contributed by atoms with Gasteiger partial charge >= 0.3 is 0 Å². The molecule has 0 amide bonds. The van der Waals surface area contributed by atoms with Gasteiger partial charge in [0.05, 0.1) is 26.2 Å². The number of rotatable bonds is 4. The summed E-state index contributed by atoms with van der Waals surface area (Å²) in [6, 6.07) is 23.1. The van der Waals surface area contributed by atoms with E-state index in [2.05, 4.69) is 12.1 Å². The first-order valence-electron chi connectivity index (χ1n) is 12.8. The van der Waals surface area contributed by atoms with Gasteiger partial charge in [-0.3, -0.25) is 19.5 Å². The molecule has 3 heterocycles. The second-order valence-corrected chi connectivity index (χ2v) is 11.6. The fourth-order valence-corrected chi connectivity index (χ4v) is 6.81. The monoisotopic (exact) mass is 599 g/mol.